The molecule has 4 rings (SSSR count). The Balaban J connectivity index is 1.51. The Kier molecular flexibility index (Phi) is 4.96. The number of thioether (sulfide) groups is 1. The molecule has 0 amide bonds. The number of aromatic nitrogens is 3. The van der Waals surface area contributed by atoms with Crippen molar-refractivity contribution in [2.24, 2.45) is 7.05 Å². The zero-order valence-corrected chi connectivity index (χ0v) is 16.6. The predicted octanol–water partition coefficient (Wildman–Crippen LogP) is 4.73. The van der Waals surface area contributed by atoms with Crippen molar-refractivity contribution < 1.29 is 0 Å². The van der Waals surface area contributed by atoms with Gasteiger partial charge in [-0.3, -0.25) is 9.36 Å². The fraction of sp³-hybridized carbons (Fsp3) is 0.150. The first kappa shape index (κ1) is 17.8. The van der Waals surface area contributed by atoms with Crippen LogP contribution in [-0.2, 0) is 12.8 Å². The van der Waals surface area contributed by atoms with Crippen LogP contribution in [0.25, 0.3) is 10.9 Å². The Morgan fingerprint density at radius 2 is 1.89 bits per heavy atom. The van der Waals surface area contributed by atoms with E-state index in [-0.39, 0.29) is 5.56 Å². The molecule has 1 N–H and O–H groups in total. The van der Waals surface area contributed by atoms with E-state index in [2.05, 4.69) is 28.3 Å². The van der Waals surface area contributed by atoms with Gasteiger partial charge in [-0.1, -0.05) is 42.1 Å². The van der Waals surface area contributed by atoms with E-state index in [0.29, 0.717) is 16.3 Å². The number of nitrogens with zero attached hydrogens (tertiary/aromatic N) is 3. The lowest BCUT2D eigenvalue weighted by Gasteiger charge is -2.08. The standard InChI is InChI=1S/C20H18N4OS2/c1-13-7-3-5-9-16(13)22-19-21-14(11-26-19)12-27-20-23-17-10-6-4-8-15(17)18(25)24(20)2/h3-11H,12H2,1-2H3,(H,21,22). The Hall–Kier alpha value is -2.64. The normalized spacial score (nSPS) is 11.0. The summed E-state index contributed by atoms with van der Waals surface area (Å²) < 4.78 is 1.60. The summed E-state index contributed by atoms with van der Waals surface area (Å²) in [6.07, 6.45) is 0. The molecule has 0 saturated heterocycles. The number of thiazole rings is 1. The van der Waals surface area contributed by atoms with E-state index in [1.165, 1.54) is 17.3 Å². The first-order chi connectivity index (χ1) is 13.1. The van der Waals surface area contributed by atoms with Gasteiger partial charge in [0.25, 0.3) is 5.56 Å². The van der Waals surface area contributed by atoms with E-state index < -0.39 is 0 Å². The fourth-order valence-corrected chi connectivity index (χ4v) is 4.42. The number of anilines is 2. The van der Waals surface area contributed by atoms with Gasteiger partial charge in [0.05, 0.1) is 16.6 Å². The van der Waals surface area contributed by atoms with E-state index in [9.17, 15) is 4.79 Å². The second kappa shape index (κ2) is 7.54. The first-order valence-corrected chi connectivity index (χ1v) is 10.3. The molecule has 0 bridgehead atoms. The summed E-state index contributed by atoms with van der Waals surface area (Å²) in [4.78, 5) is 21.8. The number of rotatable bonds is 5. The SMILES string of the molecule is Cc1ccccc1Nc1nc(CSc2nc3ccccc3c(=O)n2C)cs1. The average Bonchev–Trinajstić information content (AvgIpc) is 3.13. The minimum atomic E-state index is -0.0247. The molecular formula is C20H18N4OS2. The smallest absolute Gasteiger partial charge is 0.261 e. The van der Waals surface area contributed by atoms with Crippen LogP contribution < -0.4 is 10.9 Å². The van der Waals surface area contributed by atoms with Crippen LogP contribution in [0.4, 0.5) is 10.8 Å². The molecule has 0 atom stereocenters. The maximum atomic E-state index is 12.5. The molecule has 0 aliphatic carbocycles. The molecule has 0 radical (unpaired) electrons. The third-order valence-corrected chi connectivity index (χ3v) is 6.10. The van der Waals surface area contributed by atoms with Crippen LogP contribution >= 0.6 is 23.1 Å². The highest BCUT2D eigenvalue weighted by atomic mass is 32.2. The molecule has 136 valence electrons. The van der Waals surface area contributed by atoms with Crippen LogP contribution in [-0.4, -0.2) is 14.5 Å². The van der Waals surface area contributed by atoms with Crippen LogP contribution in [0.2, 0.25) is 0 Å². The summed E-state index contributed by atoms with van der Waals surface area (Å²) in [5.41, 5.74) is 3.90. The molecule has 0 spiro atoms. The lowest BCUT2D eigenvalue weighted by Crippen LogP contribution is -2.19. The molecule has 2 aromatic heterocycles. The first-order valence-electron chi connectivity index (χ1n) is 8.47. The third-order valence-electron chi connectivity index (χ3n) is 4.23. The van der Waals surface area contributed by atoms with Gasteiger partial charge in [-0.25, -0.2) is 9.97 Å². The molecule has 0 fully saturated rings. The van der Waals surface area contributed by atoms with Crippen molar-refractivity contribution in [3.63, 3.8) is 0 Å². The van der Waals surface area contributed by atoms with Crippen LogP contribution in [0, 0.1) is 6.92 Å². The van der Waals surface area contributed by atoms with Crippen molar-refractivity contribution in [2.45, 2.75) is 17.8 Å². The summed E-state index contributed by atoms with van der Waals surface area (Å²) in [6, 6.07) is 15.6. The van der Waals surface area contributed by atoms with Gasteiger partial charge in [-0.2, -0.15) is 0 Å². The number of fused-ring (bicyclic) bond motifs is 1. The molecule has 5 nitrogen and oxygen atoms in total. The quantitative estimate of drug-likeness (QED) is 0.391. The number of hydrogen-bond donors (Lipinski definition) is 1. The lowest BCUT2D eigenvalue weighted by atomic mass is 10.2. The molecule has 7 heteroatoms. The maximum absolute atomic E-state index is 12.5. The van der Waals surface area contributed by atoms with E-state index >= 15 is 0 Å². The van der Waals surface area contributed by atoms with E-state index in [4.69, 9.17) is 0 Å². The van der Waals surface area contributed by atoms with Gasteiger partial charge in [-0.15, -0.1) is 11.3 Å². The zero-order chi connectivity index (χ0) is 18.8. The van der Waals surface area contributed by atoms with Crippen LogP contribution in [0.3, 0.4) is 0 Å². The highest BCUT2D eigenvalue weighted by molar-refractivity contribution is 7.98. The van der Waals surface area contributed by atoms with E-state index in [1.54, 1.807) is 23.0 Å². The minimum Gasteiger partial charge on any atom is -0.331 e. The van der Waals surface area contributed by atoms with Crippen molar-refractivity contribution >= 4 is 44.8 Å². The van der Waals surface area contributed by atoms with Gasteiger partial charge >= 0.3 is 0 Å². The summed E-state index contributed by atoms with van der Waals surface area (Å²) in [7, 11) is 1.76. The number of aryl methyl sites for hydroxylation is 1. The molecule has 27 heavy (non-hydrogen) atoms. The summed E-state index contributed by atoms with van der Waals surface area (Å²) in [5.74, 6) is 0.657. The molecule has 0 saturated carbocycles. The van der Waals surface area contributed by atoms with Gasteiger partial charge in [0.2, 0.25) is 0 Å². The predicted molar refractivity (Wildman–Crippen MR) is 113 cm³/mol. The van der Waals surface area contributed by atoms with Gasteiger partial charge in [0, 0.05) is 23.9 Å². The molecule has 4 aromatic rings. The summed E-state index contributed by atoms with van der Waals surface area (Å²) in [5, 5.41) is 7.59. The molecule has 0 aliphatic heterocycles. The van der Waals surface area contributed by atoms with Crippen molar-refractivity contribution in [1.29, 1.82) is 0 Å². The monoisotopic (exact) mass is 394 g/mol. The Morgan fingerprint density at radius 1 is 1.11 bits per heavy atom. The number of para-hydroxylation sites is 2. The van der Waals surface area contributed by atoms with Crippen LogP contribution in [0.5, 0.6) is 0 Å². The number of hydrogen-bond acceptors (Lipinski definition) is 6. The van der Waals surface area contributed by atoms with Crippen molar-refractivity contribution in [2.75, 3.05) is 5.32 Å². The van der Waals surface area contributed by atoms with E-state index in [0.717, 1.165) is 22.0 Å². The van der Waals surface area contributed by atoms with E-state index in [1.807, 2.05) is 47.8 Å². The largest absolute Gasteiger partial charge is 0.331 e. The zero-order valence-electron chi connectivity index (χ0n) is 15.0. The second-order valence-electron chi connectivity index (χ2n) is 6.15. The topological polar surface area (TPSA) is 59.8 Å². The molecular weight excluding hydrogens is 376 g/mol. The molecule has 0 aliphatic rings. The Labute approximate surface area is 165 Å². The van der Waals surface area contributed by atoms with Crippen molar-refractivity contribution in [3.8, 4) is 0 Å². The minimum absolute atomic E-state index is 0.0247. The van der Waals surface area contributed by atoms with Crippen LogP contribution in [0.1, 0.15) is 11.3 Å². The van der Waals surface area contributed by atoms with Crippen molar-refractivity contribution in [3.05, 3.63) is 75.5 Å². The van der Waals surface area contributed by atoms with Crippen LogP contribution in [0.15, 0.2) is 63.9 Å². The highest BCUT2D eigenvalue weighted by Crippen LogP contribution is 2.27. The lowest BCUT2D eigenvalue weighted by molar-refractivity contribution is 0.726. The average molecular weight is 395 g/mol. The number of nitrogens with one attached hydrogen (secondary N) is 1. The Morgan fingerprint density at radius 3 is 2.74 bits per heavy atom. The van der Waals surface area contributed by atoms with Gasteiger partial charge in [-0.05, 0) is 30.7 Å². The van der Waals surface area contributed by atoms with Gasteiger partial charge in [0.1, 0.15) is 0 Å². The van der Waals surface area contributed by atoms with Crippen molar-refractivity contribution in [1.82, 2.24) is 14.5 Å². The summed E-state index contributed by atoms with van der Waals surface area (Å²) in [6.45, 7) is 2.07. The molecule has 2 aromatic carbocycles. The van der Waals surface area contributed by atoms with Gasteiger partial charge < -0.3 is 5.32 Å². The molecule has 0 unspecified atom stereocenters. The second-order valence-corrected chi connectivity index (χ2v) is 7.95. The molecule has 2 heterocycles. The fourth-order valence-electron chi connectivity index (χ4n) is 2.72. The number of benzene rings is 2. The Bertz CT molecular complexity index is 1170. The van der Waals surface area contributed by atoms with Gasteiger partial charge in [0.15, 0.2) is 10.3 Å². The maximum Gasteiger partial charge on any atom is 0.261 e. The highest BCUT2D eigenvalue weighted by Gasteiger charge is 2.10. The summed E-state index contributed by atoms with van der Waals surface area (Å²) >= 11 is 3.09. The third kappa shape index (κ3) is 3.74.